The van der Waals surface area contributed by atoms with Crippen molar-refractivity contribution in [1.29, 1.82) is 0 Å². The number of anilines is 1. The lowest BCUT2D eigenvalue weighted by Gasteiger charge is -2.28. The second-order valence-corrected chi connectivity index (χ2v) is 4.83. The fourth-order valence-electron chi connectivity index (χ4n) is 2.08. The summed E-state index contributed by atoms with van der Waals surface area (Å²) in [5.74, 6) is -1.63. The normalized spacial score (nSPS) is 11.2. The molecule has 5 nitrogen and oxygen atoms in total. The summed E-state index contributed by atoms with van der Waals surface area (Å²) in [5, 5.41) is 14.7. The van der Waals surface area contributed by atoms with Crippen LogP contribution in [0.3, 0.4) is 0 Å². The van der Waals surface area contributed by atoms with Gasteiger partial charge in [-0.1, -0.05) is 19.9 Å². The van der Waals surface area contributed by atoms with Gasteiger partial charge in [0.1, 0.15) is 11.4 Å². The second-order valence-electron chi connectivity index (χ2n) is 4.83. The highest BCUT2D eigenvalue weighted by atomic mass is 19.1. The van der Waals surface area contributed by atoms with Gasteiger partial charge in [0.15, 0.2) is 0 Å². The molecule has 1 aromatic rings. The quantitative estimate of drug-likeness (QED) is 0.688. The summed E-state index contributed by atoms with van der Waals surface area (Å²) in [5.41, 5.74) is -0.616. The third kappa shape index (κ3) is 4.82. The Hall–Kier alpha value is -1.95. The molecule has 0 radical (unpaired) electrons. The molecule has 3 N–H and O–H groups in total. The molecule has 1 amide bonds. The van der Waals surface area contributed by atoms with Crippen molar-refractivity contribution in [2.75, 3.05) is 11.9 Å². The first-order valence-electron chi connectivity index (χ1n) is 6.97. The van der Waals surface area contributed by atoms with Crippen LogP contribution in [0.15, 0.2) is 24.3 Å². The third-order valence-electron chi connectivity index (χ3n) is 3.54. The summed E-state index contributed by atoms with van der Waals surface area (Å²) in [6.07, 6.45) is 0.986. The number of aliphatic carboxylic acids is 1. The molecular formula is C15H21FN2O3. The van der Waals surface area contributed by atoms with Gasteiger partial charge in [-0.3, -0.25) is 9.59 Å². The second kappa shape index (κ2) is 7.73. The van der Waals surface area contributed by atoms with Crippen LogP contribution in [0.5, 0.6) is 0 Å². The number of rotatable bonds is 8. The Kier molecular flexibility index (Phi) is 6.30. The van der Waals surface area contributed by atoms with E-state index < -0.39 is 17.3 Å². The average Bonchev–Trinajstić information content (AvgIpc) is 2.43. The number of halogens is 1. The van der Waals surface area contributed by atoms with Crippen molar-refractivity contribution in [3.05, 3.63) is 30.1 Å². The molecule has 0 saturated heterocycles. The van der Waals surface area contributed by atoms with Gasteiger partial charge in [0.2, 0.25) is 5.91 Å². The van der Waals surface area contributed by atoms with Gasteiger partial charge in [0, 0.05) is 18.7 Å². The Morgan fingerprint density at radius 1 is 1.29 bits per heavy atom. The Morgan fingerprint density at radius 2 is 1.95 bits per heavy atom. The molecule has 1 rings (SSSR count). The molecule has 0 atom stereocenters. The van der Waals surface area contributed by atoms with Crippen molar-refractivity contribution >= 4 is 17.6 Å². The number of carboxylic acids is 1. The summed E-state index contributed by atoms with van der Waals surface area (Å²) in [6, 6.07) is 5.62. The van der Waals surface area contributed by atoms with Gasteiger partial charge in [-0.2, -0.15) is 0 Å². The van der Waals surface area contributed by atoms with Crippen molar-refractivity contribution in [2.45, 2.75) is 38.6 Å². The molecule has 0 unspecified atom stereocenters. The predicted octanol–water partition coefficient (Wildman–Crippen LogP) is 2.39. The van der Waals surface area contributed by atoms with Gasteiger partial charge in [-0.05, 0) is 31.0 Å². The summed E-state index contributed by atoms with van der Waals surface area (Å²) in [4.78, 5) is 23.0. The maximum Gasteiger partial charge on any atom is 0.323 e. The molecular weight excluding hydrogens is 275 g/mol. The Balaban J connectivity index is 2.48. The molecule has 0 aliphatic rings. The van der Waals surface area contributed by atoms with Crippen LogP contribution in [0.4, 0.5) is 10.1 Å². The van der Waals surface area contributed by atoms with E-state index in [-0.39, 0.29) is 18.9 Å². The van der Waals surface area contributed by atoms with Crippen LogP contribution in [0.2, 0.25) is 0 Å². The largest absolute Gasteiger partial charge is 0.480 e. The molecule has 0 saturated carbocycles. The van der Waals surface area contributed by atoms with Gasteiger partial charge in [-0.25, -0.2) is 4.39 Å². The monoisotopic (exact) mass is 296 g/mol. The van der Waals surface area contributed by atoms with E-state index in [0.717, 1.165) is 0 Å². The van der Waals surface area contributed by atoms with E-state index in [1.807, 2.05) is 0 Å². The minimum absolute atomic E-state index is 0.117. The van der Waals surface area contributed by atoms with Crippen molar-refractivity contribution in [3.63, 3.8) is 0 Å². The average molecular weight is 296 g/mol. The van der Waals surface area contributed by atoms with E-state index in [2.05, 4.69) is 10.6 Å². The molecule has 0 heterocycles. The highest BCUT2D eigenvalue weighted by Crippen LogP contribution is 2.15. The van der Waals surface area contributed by atoms with E-state index >= 15 is 0 Å². The SMILES string of the molecule is CCC(CC)(NCCC(=O)Nc1cccc(F)c1)C(=O)O. The maximum atomic E-state index is 13.0. The van der Waals surface area contributed by atoms with Gasteiger partial charge >= 0.3 is 5.97 Å². The molecule has 0 aliphatic heterocycles. The van der Waals surface area contributed by atoms with Crippen LogP contribution in [-0.2, 0) is 9.59 Å². The zero-order valence-corrected chi connectivity index (χ0v) is 12.3. The van der Waals surface area contributed by atoms with Gasteiger partial charge in [0.05, 0.1) is 0 Å². The van der Waals surface area contributed by atoms with Gasteiger partial charge in [0.25, 0.3) is 0 Å². The minimum Gasteiger partial charge on any atom is -0.480 e. The van der Waals surface area contributed by atoms with Gasteiger partial charge < -0.3 is 15.7 Å². The highest BCUT2D eigenvalue weighted by Gasteiger charge is 2.33. The Bertz CT molecular complexity index is 501. The van der Waals surface area contributed by atoms with Crippen LogP contribution in [0.25, 0.3) is 0 Å². The molecule has 116 valence electrons. The van der Waals surface area contributed by atoms with E-state index in [4.69, 9.17) is 0 Å². The highest BCUT2D eigenvalue weighted by molar-refractivity contribution is 5.90. The number of benzene rings is 1. The smallest absolute Gasteiger partial charge is 0.323 e. The van der Waals surface area contributed by atoms with Gasteiger partial charge in [-0.15, -0.1) is 0 Å². The van der Waals surface area contributed by atoms with E-state index in [9.17, 15) is 19.1 Å². The Morgan fingerprint density at radius 3 is 2.48 bits per heavy atom. The number of carbonyl (C=O) groups excluding carboxylic acids is 1. The maximum absolute atomic E-state index is 13.0. The molecule has 1 aromatic carbocycles. The molecule has 0 aliphatic carbocycles. The fraction of sp³-hybridized carbons (Fsp3) is 0.467. The fourth-order valence-corrected chi connectivity index (χ4v) is 2.08. The minimum atomic E-state index is -1.00. The lowest BCUT2D eigenvalue weighted by Crippen LogP contribution is -2.51. The molecule has 0 bridgehead atoms. The van der Waals surface area contributed by atoms with Crippen molar-refractivity contribution in [2.24, 2.45) is 0 Å². The van der Waals surface area contributed by atoms with Crippen LogP contribution in [0, 0.1) is 5.82 Å². The zero-order chi connectivity index (χ0) is 15.9. The molecule has 0 aromatic heterocycles. The molecule has 0 fully saturated rings. The number of hydrogen-bond donors (Lipinski definition) is 3. The molecule has 21 heavy (non-hydrogen) atoms. The summed E-state index contributed by atoms with van der Waals surface area (Å²) < 4.78 is 13.0. The Labute approximate surface area is 123 Å². The van der Waals surface area contributed by atoms with E-state index in [0.29, 0.717) is 18.5 Å². The van der Waals surface area contributed by atoms with Crippen LogP contribution >= 0.6 is 0 Å². The van der Waals surface area contributed by atoms with Crippen molar-refractivity contribution < 1.29 is 19.1 Å². The molecule has 6 heteroatoms. The molecule has 0 spiro atoms. The first kappa shape index (κ1) is 17.1. The number of carbonyl (C=O) groups is 2. The summed E-state index contributed by atoms with van der Waals surface area (Å²) in [6.45, 7) is 3.82. The van der Waals surface area contributed by atoms with E-state index in [1.165, 1.54) is 18.2 Å². The zero-order valence-electron chi connectivity index (χ0n) is 12.3. The third-order valence-corrected chi connectivity index (χ3v) is 3.54. The lowest BCUT2D eigenvalue weighted by atomic mass is 9.93. The standard InChI is InChI=1S/C15H21FN2O3/c1-3-15(4-2,14(20)21)17-9-8-13(19)18-12-7-5-6-11(16)10-12/h5-7,10,17H,3-4,8-9H2,1-2H3,(H,18,19)(H,20,21). The van der Waals surface area contributed by atoms with Crippen molar-refractivity contribution in [3.8, 4) is 0 Å². The van der Waals surface area contributed by atoms with Crippen LogP contribution < -0.4 is 10.6 Å². The number of nitrogens with one attached hydrogen (secondary N) is 2. The number of carboxylic acid groups (broad SMARTS) is 1. The van der Waals surface area contributed by atoms with E-state index in [1.54, 1.807) is 19.9 Å². The van der Waals surface area contributed by atoms with Crippen LogP contribution in [-0.4, -0.2) is 29.1 Å². The van der Waals surface area contributed by atoms with Crippen molar-refractivity contribution in [1.82, 2.24) is 5.32 Å². The number of amides is 1. The van der Waals surface area contributed by atoms with Crippen LogP contribution in [0.1, 0.15) is 33.1 Å². The topological polar surface area (TPSA) is 78.4 Å². The first-order chi connectivity index (χ1) is 9.93. The first-order valence-corrected chi connectivity index (χ1v) is 6.97. The summed E-state index contributed by atoms with van der Waals surface area (Å²) >= 11 is 0. The summed E-state index contributed by atoms with van der Waals surface area (Å²) in [7, 11) is 0. The number of hydrogen-bond acceptors (Lipinski definition) is 3. The lowest BCUT2D eigenvalue weighted by molar-refractivity contribution is -0.145. The predicted molar refractivity (Wildman–Crippen MR) is 78.6 cm³/mol.